The Balaban J connectivity index is 1.59. The van der Waals surface area contributed by atoms with E-state index >= 15 is 4.39 Å². The van der Waals surface area contributed by atoms with E-state index in [0.717, 1.165) is 25.2 Å². The molecule has 7 nitrogen and oxygen atoms in total. The average Bonchev–Trinajstić information content (AvgIpc) is 2.91. The third-order valence-corrected chi connectivity index (χ3v) is 7.08. The summed E-state index contributed by atoms with van der Waals surface area (Å²) in [5.74, 6) is -0.431. The van der Waals surface area contributed by atoms with Crippen molar-refractivity contribution >= 4 is 28.5 Å². The highest BCUT2D eigenvalue weighted by Gasteiger charge is 2.19. The van der Waals surface area contributed by atoms with Crippen LogP contribution in [0.3, 0.4) is 0 Å². The van der Waals surface area contributed by atoms with Gasteiger partial charge in [0, 0.05) is 40.5 Å². The van der Waals surface area contributed by atoms with Crippen LogP contribution in [-0.4, -0.2) is 44.5 Å². The van der Waals surface area contributed by atoms with Gasteiger partial charge in [-0.1, -0.05) is 36.2 Å². The zero-order valence-corrected chi connectivity index (χ0v) is 22.8. The maximum absolute atomic E-state index is 15.0. The molecule has 3 heterocycles. The number of nitrogens with zero attached hydrogens (tertiary/aromatic N) is 4. The Morgan fingerprint density at radius 1 is 1.08 bits per heavy atom. The van der Waals surface area contributed by atoms with Gasteiger partial charge in [0.25, 0.3) is 5.56 Å². The summed E-state index contributed by atoms with van der Waals surface area (Å²) in [6, 6.07) is 13.5. The van der Waals surface area contributed by atoms with E-state index in [1.54, 1.807) is 36.4 Å². The van der Waals surface area contributed by atoms with Gasteiger partial charge in [-0.05, 0) is 75.7 Å². The number of pyridine rings is 1. The molecule has 0 spiro atoms. The fourth-order valence-corrected chi connectivity index (χ4v) is 5.22. The first kappa shape index (κ1) is 27.0. The molecule has 2 aromatic carbocycles. The number of nitrogens with one attached hydrogen (secondary N) is 1. The second-order valence-electron chi connectivity index (χ2n) is 10.3. The van der Waals surface area contributed by atoms with Gasteiger partial charge in [0.05, 0.1) is 5.39 Å². The van der Waals surface area contributed by atoms with Crippen molar-refractivity contribution in [1.82, 2.24) is 24.8 Å². The molecular formula is C30H31ClFN5O2. The quantitative estimate of drug-likeness (QED) is 0.334. The normalized spacial score (nSPS) is 14.2. The van der Waals surface area contributed by atoms with Crippen LogP contribution < -0.4 is 10.9 Å². The smallest absolute Gasteiger partial charge is 0.263 e. The Hall–Kier alpha value is -3.62. The fraction of sp³-hybridized carbons (Fsp3) is 0.333. The number of benzene rings is 2. The largest absolute Gasteiger partial charge is 0.352 e. The van der Waals surface area contributed by atoms with Crippen molar-refractivity contribution in [3.63, 3.8) is 0 Å². The second kappa shape index (κ2) is 11.6. The Kier molecular flexibility index (Phi) is 8.04. The summed E-state index contributed by atoms with van der Waals surface area (Å²) in [4.78, 5) is 38.0. The van der Waals surface area contributed by atoms with E-state index in [2.05, 4.69) is 20.2 Å². The molecular weight excluding hydrogens is 517 g/mol. The number of carbonyl (C=O) groups is 1. The van der Waals surface area contributed by atoms with Gasteiger partial charge in [-0.2, -0.15) is 0 Å². The molecule has 4 aromatic rings. The molecule has 1 aliphatic heterocycles. The molecule has 1 saturated heterocycles. The summed E-state index contributed by atoms with van der Waals surface area (Å²) in [6.45, 7) is 6.29. The number of halogens is 2. The van der Waals surface area contributed by atoms with Crippen LogP contribution in [0, 0.1) is 5.82 Å². The summed E-state index contributed by atoms with van der Waals surface area (Å²) >= 11 is 6.21. The van der Waals surface area contributed by atoms with E-state index < -0.39 is 11.4 Å². The summed E-state index contributed by atoms with van der Waals surface area (Å²) in [5.41, 5.74) is 2.22. The number of fused-ring (bicyclic) bond motifs is 1. The lowest BCUT2D eigenvalue weighted by atomic mass is 10.0. The lowest BCUT2D eigenvalue weighted by molar-refractivity contribution is -0.122. The van der Waals surface area contributed by atoms with Crippen molar-refractivity contribution in [2.75, 3.05) is 13.1 Å². The van der Waals surface area contributed by atoms with Crippen molar-refractivity contribution < 1.29 is 9.18 Å². The minimum absolute atomic E-state index is 0.0929. The maximum Gasteiger partial charge on any atom is 0.263 e. The molecule has 0 bridgehead atoms. The van der Waals surface area contributed by atoms with Gasteiger partial charge in [-0.3, -0.25) is 19.1 Å². The van der Waals surface area contributed by atoms with E-state index in [4.69, 9.17) is 11.6 Å². The van der Waals surface area contributed by atoms with Gasteiger partial charge in [-0.25, -0.2) is 14.4 Å². The lowest BCUT2D eigenvalue weighted by Gasteiger charge is -2.26. The highest BCUT2D eigenvalue weighted by atomic mass is 35.5. The van der Waals surface area contributed by atoms with Gasteiger partial charge in [0.1, 0.15) is 18.2 Å². The number of hydrogen-bond donors (Lipinski definition) is 1. The molecule has 2 aromatic heterocycles. The van der Waals surface area contributed by atoms with Gasteiger partial charge < -0.3 is 5.32 Å². The zero-order chi connectivity index (χ0) is 27.5. The Labute approximate surface area is 231 Å². The predicted molar refractivity (Wildman–Crippen MR) is 152 cm³/mol. The maximum atomic E-state index is 15.0. The molecule has 0 saturated carbocycles. The predicted octanol–water partition coefficient (Wildman–Crippen LogP) is 5.43. The summed E-state index contributed by atoms with van der Waals surface area (Å²) in [7, 11) is 0. The van der Waals surface area contributed by atoms with Crippen molar-refractivity contribution in [2.24, 2.45) is 0 Å². The van der Waals surface area contributed by atoms with Gasteiger partial charge >= 0.3 is 0 Å². The van der Waals surface area contributed by atoms with E-state index in [1.165, 1.54) is 36.1 Å². The van der Waals surface area contributed by atoms with Crippen LogP contribution in [0.2, 0.25) is 5.02 Å². The van der Waals surface area contributed by atoms with E-state index in [-0.39, 0.29) is 35.4 Å². The van der Waals surface area contributed by atoms with E-state index in [9.17, 15) is 9.59 Å². The topological polar surface area (TPSA) is 80.1 Å². The number of hydrogen-bond acceptors (Lipinski definition) is 5. The molecule has 5 rings (SSSR count). The van der Waals surface area contributed by atoms with Gasteiger partial charge in [0.15, 0.2) is 5.65 Å². The second-order valence-corrected chi connectivity index (χ2v) is 10.7. The summed E-state index contributed by atoms with van der Waals surface area (Å²) in [5, 5.41) is 3.50. The number of piperidine rings is 1. The number of amides is 1. The molecule has 1 N–H and O–H groups in total. The summed E-state index contributed by atoms with van der Waals surface area (Å²) in [6.07, 6.45) is 5.13. The highest BCUT2D eigenvalue weighted by Crippen LogP contribution is 2.28. The molecule has 0 atom stereocenters. The number of aromatic nitrogens is 3. The molecule has 39 heavy (non-hydrogen) atoms. The molecule has 202 valence electrons. The van der Waals surface area contributed by atoms with Crippen LogP contribution >= 0.6 is 11.6 Å². The Bertz CT molecular complexity index is 1580. The highest BCUT2D eigenvalue weighted by molar-refractivity contribution is 6.30. The molecule has 9 heteroatoms. The van der Waals surface area contributed by atoms with Crippen LogP contribution in [0.25, 0.3) is 33.5 Å². The van der Waals surface area contributed by atoms with Crippen molar-refractivity contribution in [2.45, 2.75) is 52.2 Å². The third-order valence-electron chi connectivity index (χ3n) is 6.84. The number of carbonyl (C=O) groups excluding carboxylic acids is 1. The Morgan fingerprint density at radius 3 is 2.62 bits per heavy atom. The molecule has 1 amide bonds. The first-order valence-electron chi connectivity index (χ1n) is 13.3. The van der Waals surface area contributed by atoms with Crippen LogP contribution in [0.1, 0.15) is 38.7 Å². The molecule has 0 radical (unpaired) electrons. The van der Waals surface area contributed by atoms with Crippen molar-refractivity contribution in [3.8, 4) is 22.5 Å². The first-order valence-corrected chi connectivity index (χ1v) is 13.6. The van der Waals surface area contributed by atoms with Gasteiger partial charge in [-0.15, -0.1) is 0 Å². The summed E-state index contributed by atoms with van der Waals surface area (Å²) < 4.78 is 16.3. The minimum Gasteiger partial charge on any atom is -0.352 e. The van der Waals surface area contributed by atoms with Gasteiger partial charge in [0.2, 0.25) is 5.91 Å². The number of rotatable bonds is 7. The molecule has 1 fully saturated rings. The molecule has 0 unspecified atom stereocenters. The monoisotopic (exact) mass is 547 g/mol. The molecule has 1 aliphatic rings. The zero-order valence-electron chi connectivity index (χ0n) is 22.1. The fourth-order valence-electron chi connectivity index (χ4n) is 5.03. The lowest BCUT2D eigenvalue weighted by Crippen LogP contribution is -2.37. The SMILES string of the molecule is CC(C)NC(=O)Cn1c(-c2cccc(Cl)c2)nc2ncc(-c3cc(CN4CCCCC4)ccc3F)cc2c1=O. The van der Waals surface area contributed by atoms with E-state index in [0.29, 0.717) is 21.7 Å². The Morgan fingerprint density at radius 2 is 1.87 bits per heavy atom. The number of likely N-dealkylation sites (tertiary alicyclic amines) is 1. The van der Waals surface area contributed by atoms with Crippen LogP contribution in [0.5, 0.6) is 0 Å². The minimum atomic E-state index is -0.437. The van der Waals surface area contributed by atoms with E-state index in [1.807, 2.05) is 19.9 Å². The van der Waals surface area contributed by atoms with Crippen molar-refractivity contribution in [1.29, 1.82) is 0 Å². The van der Waals surface area contributed by atoms with Crippen LogP contribution in [-0.2, 0) is 17.9 Å². The average molecular weight is 548 g/mol. The standard InChI is InChI=1S/C30H31ClFN5O2/c1-19(2)34-27(38)18-37-29(21-7-6-8-23(31)14-21)35-28-25(30(37)39)15-22(16-33-28)24-13-20(9-10-26(24)32)17-36-11-4-3-5-12-36/h6-10,13-16,19H,3-5,11-12,17-18H2,1-2H3,(H,34,38). The van der Waals surface area contributed by atoms with Crippen LogP contribution in [0.15, 0.2) is 59.5 Å². The van der Waals surface area contributed by atoms with Crippen LogP contribution in [0.4, 0.5) is 4.39 Å². The molecule has 0 aliphatic carbocycles. The third kappa shape index (κ3) is 6.18. The van der Waals surface area contributed by atoms with Crippen molar-refractivity contribution in [3.05, 3.63) is 81.5 Å². The first-order chi connectivity index (χ1) is 18.8.